The highest BCUT2D eigenvalue weighted by atomic mass is 16.5. The molecule has 0 aliphatic rings. The Labute approximate surface area is 174 Å². The van der Waals surface area contributed by atoms with Crippen molar-refractivity contribution < 1.29 is 24.5 Å². The van der Waals surface area contributed by atoms with Crippen LogP contribution in [0.4, 0.5) is 0 Å². The van der Waals surface area contributed by atoms with E-state index < -0.39 is 17.9 Å². The first-order valence-electron chi connectivity index (χ1n) is 9.51. The zero-order valence-corrected chi connectivity index (χ0v) is 16.3. The van der Waals surface area contributed by atoms with Gasteiger partial charge in [-0.15, -0.1) is 0 Å². The molecule has 0 heterocycles. The maximum Gasteiger partial charge on any atom is 0.318 e. The first-order chi connectivity index (χ1) is 14.5. The molecule has 0 aliphatic carbocycles. The van der Waals surface area contributed by atoms with Crippen LogP contribution in [0.25, 0.3) is 11.6 Å². The molecule has 3 aromatic carbocycles. The summed E-state index contributed by atoms with van der Waals surface area (Å²) >= 11 is 0. The second kappa shape index (κ2) is 10.1. The molecule has 0 unspecified atom stereocenters. The van der Waals surface area contributed by atoms with Gasteiger partial charge in [0, 0.05) is 0 Å². The summed E-state index contributed by atoms with van der Waals surface area (Å²) in [6.45, 7) is 0.430. The number of hydrogen-bond donors (Lipinski definition) is 2. The molecule has 152 valence electrons. The molecule has 0 bridgehead atoms. The van der Waals surface area contributed by atoms with Crippen LogP contribution in [0.3, 0.4) is 0 Å². The van der Waals surface area contributed by atoms with Crippen LogP contribution in [0.1, 0.15) is 23.1 Å². The SMILES string of the molecule is O=C(O)C(C/C(=C/c1cccc(OCc2ccccc2)c1)c1ccccc1)C(=O)O. The largest absolute Gasteiger partial charge is 0.489 e. The number of aliphatic carboxylic acids is 2. The summed E-state index contributed by atoms with van der Waals surface area (Å²) in [4.78, 5) is 22.8. The van der Waals surface area contributed by atoms with Crippen LogP contribution in [0, 0.1) is 5.92 Å². The molecule has 0 radical (unpaired) electrons. The van der Waals surface area contributed by atoms with Gasteiger partial charge in [0.2, 0.25) is 0 Å². The molecule has 0 aromatic heterocycles. The molecule has 0 aliphatic heterocycles. The van der Waals surface area contributed by atoms with Crippen LogP contribution in [-0.2, 0) is 16.2 Å². The van der Waals surface area contributed by atoms with Crippen molar-refractivity contribution >= 4 is 23.6 Å². The van der Waals surface area contributed by atoms with E-state index in [9.17, 15) is 19.8 Å². The van der Waals surface area contributed by atoms with Crippen molar-refractivity contribution in [3.8, 4) is 5.75 Å². The lowest BCUT2D eigenvalue weighted by Gasteiger charge is -2.13. The number of benzene rings is 3. The average Bonchev–Trinajstić information content (AvgIpc) is 2.76. The van der Waals surface area contributed by atoms with Gasteiger partial charge >= 0.3 is 11.9 Å². The van der Waals surface area contributed by atoms with Crippen molar-refractivity contribution in [2.75, 3.05) is 0 Å². The van der Waals surface area contributed by atoms with Gasteiger partial charge in [-0.1, -0.05) is 78.9 Å². The number of allylic oxidation sites excluding steroid dienone is 1. The van der Waals surface area contributed by atoms with Crippen LogP contribution < -0.4 is 4.74 Å². The fourth-order valence-corrected chi connectivity index (χ4v) is 3.05. The van der Waals surface area contributed by atoms with Crippen LogP contribution in [-0.4, -0.2) is 22.2 Å². The Morgan fingerprint density at radius 1 is 0.833 bits per heavy atom. The van der Waals surface area contributed by atoms with Crippen LogP contribution >= 0.6 is 0 Å². The second-order valence-corrected chi connectivity index (χ2v) is 6.82. The quantitative estimate of drug-likeness (QED) is 0.389. The summed E-state index contributed by atoms with van der Waals surface area (Å²) < 4.78 is 5.86. The van der Waals surface area contributed by atoms with E-state index in [0.717, 1.165) is 16.7 Å². The van der Waals surface area contributed by atoms with Crippen molar-refractivity contribution in [1.82, 2.24) is 0 Å². The van der Waals surface area contributed by atoms with Gasteiger partial charge in [0.1, 0.15) is 12.4 Å². The van der Waals surface area contributed by atoms with Gasteiger partial charge in [-0.3, -0.25) is 9.59 Å². The first-order valence-corrected chi connectivity index (χ1v) is 9.51. The van der Waals surface area contributed by atoms with E-state index in [1.165, 1.54) is 0 Å². The van der Waals surface area contributed by atoms with E-state index in [4.69, 9.17) is 4.74 Å². The summed E-state index contributed by atoms with van der Waals surface area (Å²) in [5.74, 6) is -3.56. The third-order valence-electron chi connectivity index (χ3n) is 4.61. The van der Waals surface area contributed by atoms with Gasteiger partial charge in [0.15, 0.2) is 5.92 Å². The highest BCUT2D eigenvalue weighted by Gasteiger charge is 2.27. The molecular formula is C25H22O5. The normalized spacial score (nSPS) is 11.3. The summed E-state index contributed by atoms with van der Waals surface area (Å²) in [6.07, 6.45) is 1.69. The monoisotopic (exact) mass is 402 g/mol. The molecular weight excluding hydrogens is 380 g/mol. The maximum absolute atomic E-state index is 11.4. The summed E-state index contributed by atoms with van der Waals surface area (Å²) in [7, 11) is 0. The zero-order chi connectivity index (χ0) is 21.3. The average molecular weight is 402 g/mol. The first kappa shape index (κ1) is 20.9. The predicted molar refractivity (Wildman–Crippen MR) is 115 cm³/mol. The Kier molecular flexibility index (Phi) is 7.00. The number of rotatable bonds is 9. The summed E-state index contributed by atoms with van der Waals surface area (Å²) in [6, 6.07) is 26.4. The zero-order valence-electron chi connectivity index (χ0n) is 16.3. The minimum absolute atomic E-state index is 0.121. The molecule has 3 rings (SSSR count). The lowest BCUT2D eigenvalue weighted by atomic mass is 9.92. The predicted octanol–water partition coefficient (Wildman–Crippen LogP) is 4.98. The molecule has 5 nitrogen and oxygen atoms in total. The number of carbonyl (C=O) groups is 2. The minimum Gasteiger partial charge on any atom is -0.489 e. The van der Waals surface area contributed by atoms with Crippen LogP contribution in [0.15, 0.2) is 84.9 Å². The smallest absolute Gasteiger partial charge is 0.318 e. The van der Waals surface area contributed by atoms with Crippen LogP contribution in [0.2, 0.25) is 0 Å². The molecule has 2 N–H and O–H groups in total. The Morgan fingerprint density at radius 3 is 2.10 bits per heavy atom. The lowest BCUT2D eigenvalue weighted by Crippen LogP contribution is -2.23. The fraction of sp³-hybridized carbons (Fsp3) is 0.120. The molecule has 0 atom stereocenters. The number of hydrogen-bond acceptors (Lipinski definition) is 3. The molecule has 3 aromatic rings. The highest BCUT2D eigenvalue weighted by molar-refractivity contribution is 5.96. The van der Waals surface area contributed by atoms with E-state index in [0.29, 0.717) is 17.9 Å². The van der Waals surface area contributed by atoms with E-state index in [2.05, 4.69) is 0 Å². The molecule has 0 spiro atoms. The number of carboxylic acid groups (broad SMARTS) is 2. The minimum atomic E-state index is -1.52. The van der Waals surface area contributed by atoms with E-state index in [-0.39, 0.29) is 6.42 Å². The van der Waals surface area contributed by atoms with E-state index in [1.807, 2.05) is 91.0 Å². The third-order valence-corrected chi connectivity index (χ3v) is 4.61. The Balaban J connectivity index is 1.87. The number of ether oxygens (including phenoxy) is 1. The Morgan fingerprint density at radius 2 is 1.47 bits per heavy atom. The molecule has 0 fully saturated rings. The molecule has 0 amide bonds. The van der Waals surface area contributed by atoms with Crippen molar-refractivity contribution in [1.29, 1.82) is 0 Å². The summed E-state index contributed by atoms with van der Waals surface area (Å²) in [5.41, 5.74) is 3.26. The van der Waals surface area contributed by atoms with E-state index >= 15 is 0 Å². The van der Waals surface area contributed by atoms with Gasteiger partial charge in [0.25, 0.3) is 0 Å². The fourth-order valence-electron chi connectivity index (χ4n) is 3.05. The molecule has 0 saturated carbocycles. The van der Waals surface area contributed by atoms with Crippen molar-refractivity contribution in [3.05, 3.63) is 102 Å². The molecule has 0 saturated heterocycles. The van der Waals surface area contributed by atoms with Gasteiger partial charge < -0.3 is 14.9 Å². The van der Waals surface area contributed by atoms with E-state index in [1.54, 1.807) is 0 Å². The topological polar surface area (TPSA) is 83.8 Å². The van der Waals surface area contributed by atoms with Gasteiger partial charge in [0.05, 0.1) is 0 Å². The van der Waals surface area contributed by atoms with Gasteiger partial charge in [-0.2, -0.15) is 0 Å². The van der Waals surface area contributed by atoms with Gasteiger partial charge in [-0.05, 0) is 40.8 Å². The highest BCUT2D eigenvalue weighted by Crippen LogP contribution is 2.27. The standard InChI is InChI=1S/C25H22O5/c26-24(27)23(25(28)29)16-21(20-11-5-2-6-12-20)14-19-10-7-13-22(15-19)30-17-18-8-3-1-4-9-18/h1-15,23H,16-17H2,(H,26,27)(H,28,29)/b21-14-. The van der Waals surface area contributed by atoms with Crippen molar-refractivity contribution in [3.63, 3.8) is 0 Å². The summed E-state index contributed by atoms with van der Waals surface area (Å²) in [5, 5.41) is 18.6. The molecule has 5 heteroatoms. The second-order valence-electron chi connectivity index (χ2n) is 6.82. The third kappa shape index (κ3) is 5.82. The van der Waals surface area contributed by atoms with Crippen molar-refractivity contribution in [2.24, 2.45) is 5.92 Å². The number of carboxylic acids is 2. The Bertz CT molecular complexity index is 1010. The van der Waals surface area contributed by atoms with Gasteiger partial charge in [-0.25, -0.2) is 0 Å². The maximum atomic E-state index is 11.4. The van der Waals surface area contributed by atoms with Crippen LogP contribution in [0.5, 0.6) is 5.75 Å². The lowest BCUT2D eigenvalue weighted by molar-refractivity contribution is -0.154. The molecule has 30 heavy (non-hydrogen) atoms. The Hall–Kier alpha value is -3.86. The van der Waals surface area contributed by atoms with Crippen molar-refractivity contribution in [2.45, 2.75) is 13.0 Å².